The van der Waals surface area contributed by atoms with Crippen LogP contribution in [0.15, 0.2) is 55.0 Å². The Balaban J connectivity index is 0.00000304. The van der Waals surface area contributed by atoms with E-state index in [2.05, 4.69) is 54.3 Å². The molecule has 192 valence electrons. The fourth-order valence-corrected chi connectivity index (χ4v) is 5.24. The summed E-state index contributed by atoms with van der Waals surface area (Å²) in [7, 11) is 0. The summed E-state index contributed by atoms with van der Waals surface area (Å²) in [5.74, 6) is -0.264. The Morgan fingerprint density at radius 1 is 1.22 bits per heavy atom. The number of anilines is 1. The molecule has 2 aliphatic heterocycles. The number of piperazine rings is 1. The molecule has 36 heavy (non-hydrogen) atoms. The second kappa shape index (κ2) is 10.7. The van der Waals surface area contributed by atoms with Crippen molar-refractivity contribution >= 4 is 24.0 Å². The van der Waals surface area contributed by atoms with Crippen molar-refractivity contribution in [2.45, 2.75) is 51.2 Å². The van der Waals surface area contributed by atoms with Crippen molar-refractivity contribution < 1.29 is 9.18 Å². The van der Waals surface area contributed by atoms with E-state index in [1.54, 1.807) is 4.68 Å². The van der Waals surface area contributed by atoms with Crippen LogP contribution in [0.1, 0.15) is 37.6 Å². The monoisotopic (exact) mass is 512 g/mol. The van der Waals surface area contributed by atoms with Crippen molar-refractivity contribution in [3.63, 3.8) is 0 Å². The third kappa shape index (κ3) is 5.61. The van der Waals surface area contributed by atoms with Crippen LogP contribution in [0.4, 0.5) is 10.1 Å². The van der Waals surface area contributed by atoms with Crippen molar-refractivity contribution in [2.75, 3.05) is 31.1 Å². The van der Waals surface area contributed by atoms with Gasteiger partial charge in [0.15, 0.2) is 5.82 Å². The Labute approximate surface area is 218 Å². The molecular weight excluding hydrogens is 479 g/mol. The van der Waals surface area contributed by atoms with Gasteiger partial charge in [-0.2, -0.15) is 5.10 Å². The molecule has 1 fully saturated rings. The van der Waals surface area contributed by atoms with Gasteiger partial charge in [-0.3, -0.25) is 19.4 Å². The van der Waals surface area contributed by atoms with E-state index < -0.39 is 0 Å². The number of nitrogens with zero attached hydrogens (tertiary/aromatic N) is 5. The van der Waals surface area contributed by atoms with Crippen molar-refractivity contribution in [3.8, 4) is 0 Å². The van der Waals surface area contributed by atoms with E-state index in [0.29, 0.717) is 19.6 Å². The minimum Gasteiger partial charge on any atom is -0.311 e. The predicted octanol–water partition coefficient (Wildman–Crippen LogP) is 3.42. The van der Waals surface area contributed by atoms with E-state index >= 15 is 0 Å². The van der Waals surface area contributed by atoms with E-state index in [0.717, 1.165) is 36.5 Å². The van der Waals surface area contributed by atoms with Crippen LogP contribution in [-0.4, -0.2) is 63.8 Å². The molecule has 0 bridgehead atoms. The Kier molecular flexibility index (Phi) is 7.78. The number of rotatable bonds is 6. The first-order valence-electron chi connectivity index (χ1n) is 12.3. The van der Waals surface area contributed by atoms with Gasteiger partial charge in [0.1, 0.15) is 0 Å². The number of fused-ring (bicyclic) bond motifs is 1. The summed E-state index contributed by atoms with van der Waals surface area (Å²) >= 11 is 0. The number of carbonyl (C=O) groups is 1. The van der Waals surface area contributed by atoms with Gasteiger partial charge in [-0.1, -0.05) is 44.2 Å². The Morgan fingerprint density at radius 2 is 2.00 bits per heavy atom. The van der Waals surface area contributed by atoms with Crippen molar-refractivity contribution in [3.05, 3.63) is 77.6 Å². The molecule has 1 amide bonds. The standard InChI is InChI=1S/C27H33FN6O.ClH/c1-19-14-32(23(12-29-19)16-33-15-21(28)11-31-33)17-26(35)34-18-27(2,3)24-13-30-22(10-25(24)34)9-20-7-5-4-6-8-20;/h4-8,10-11,13,15,19,23,29H,9,12,14,16-18H2,1-3H3;1H/t19-,23-;/m1./s1. The first-order valence-corrected chi connectivity index (χ1v) is 12.3. The molecule has 1 N–H and O–H groups in total. The Hall–Kier alpha value is -2.81. The molecule has 0 radical (unpaired) electrons. The van der Waals surface area contributed by atoms with E-state index in [9.17, 15) is 9.18 Å². The molecule has 0 unspecified atom stereocenters. The lowest BCUT2D eigenvalue weighted by atomic mass is 9.88. The molecule has 0 spiro atoms. The molecule has 0 aliphatic carbocycles. The fraction of sp³-hybridized carbons (Fsp3) is 0.444. The molecule has 2 aliphatic rings. The van der Waals surface area contributed by atoms with Gasteiger partial charge in [0.2, 0.25) is 5.91 Å². The lowest BCUT2D eigenvalue weighted by Gasteiger charge is -2.39. The van der Waals surface area contributed by atoms with Crippen LogP contribution >= 0.6 is 12.4 Å². The number of carbonyl (C=O) groups excluding carboxylic acids is 1. The number of pyridine rings is 1. The van der Waals surface area contributed by atoms with Gasteiger partial charge in [-0.05, 0) is 18.6 Å². The minimum absolute atomic E-state index is 0. The molecule has 1 aromatic carbocycles. The highest BCUT2D eigenvalue weighted by molar-refractivity contribution is 5.97. The molecule has 9 heteroatoms. The van der Waals surface area contributed by atoms with E-state index in [-0.39, 0.29) is 41.6 Å². The zero-order valence-corrected chi connectivity index (χ0v) is 21.8. The van der Waals surface area contributed by atoms with Crippen molar-refractivity contribution in [1.29, 1.82) is 0 Å². The van der Waals surface area contributed by atoms with Crippen molar-refractivity contribution in [2.24, 2.45) is 0 Å². The molecule has 3 aromatic rings. The first kappa shape index (κ1) is 26.3. The van der Waals surface area contributed by atoms with E-state index in [4.69, 9.17) is 4.98 Å². The normalized spacial score (nSPS) is 21.2. The summed E-state index contributed by atoms with van der Waals surface area (Å²) in [5, 5.41) is 7.58. The average molecular weight is 513 g/mol. The SMILES string of the molecule is C[C@@H]1CN(CC(=O)N2CC(C)(C)c3cnc(Cc4ccccc4)cc32)[C@@H](Cn2cc(F)cn2)CN1.Cl. The van der Waals surface area contributed by atoms with Crippen LogP contribution in [0.5, 0.6) is 0 Å². The third-order valence-electron chi connectivity index (χ3n) is 7.11. The largest absolute Gasteiger partial charge is 0.311 e. The van der Waals surface area contributed by atoms with Crippen LogP contribution < -0.4 is 10.2 Å². The summed E-state index contributed by atoms with van der Waals surface area (Å²) in [5.41, 5.74) is 4.07. The lowest BCUT2D eigenvalue weighted by molar-refractivity contribution is -0.120. The van der Waals surface area contributed by atoms with E-state index in [1.165, 1.54) is 18.0 Å². The zero-order valence-electron chi connectivity index (χ0n) is 21.0. The molecule has 7 nitrogen and oxygen atoms in total. The zero-order chi connectivity index (χ0) is 24.6. The molecule has 4 heterocycles. The maximum Gasteiger partial charge on any atom is 0.241 e. The first-order chi connectivity index (χ1) is 16.8. The maximum atomic E-state index is 13.7. The summed E-state index contributed by atoms with van der Waals surface area (Å²) < 4.78 is 15.1. The van der Waals surface area contributed by atoms with Gasteiger partial charge in [0.05, 0.1) is 31.2 Å². The second-order valence-corrected chi connectivity index (χ2v) is 10.5. The topological polar surface area (TPSA) is 66.3 Å². The van der Waals surface area contributed by atoms with Crippen LogP contribution in [-0.2, 0) is 23.2 Å². The molecule has 1 saturated heterocycles. The quantitative estimate of drug-likeness (QED) is 0.548. The highest BCUT2D eigenvalue weighted by Crippen LogP contribution is 2.40. The van der Waals surface area contributed by atoms with Crippen LogP contribution in [0.3, 0.4) is 0 Å². The minimum atomic E-state index is -0.347. The molecule has 0 saturated carbocycles. The highest BCUT2D eigenvalue weighted by Gasteiger charge is 2.39. The number of amides is 1. The number of halogens is 2. The number of hydrogen-bond donors (Lipinski definition) is 1. The number of nitrogens with one attached hydrogen (secondary N) is 1. The summed E-state index contributed by atoms with van der Waals surface area (Å²) in [6.45, 7) is 9.41. The van der Waals surface area contributed by atoms with Crippen LogP contribution in [0.2, 0.25) is 0 Å². The van der Waals surface area contributed by atoms with Gasteiger partial charge in [0, 0.05) is 61.0 Å². The number of hydrogen-bond acceptors (Lipinski definition) is 5. The second-order valence-electron chi connectivity index (χ2n) is 10.5. The van der Waals surface area contributed by atoms with Crippen molar-refractivity contribution in [1.82, 2.24) is 25.0 Å². The summed E-state index contributed by atoms with van der Waals surface area (Å²) in [4.78, 5) is 22.6. The van der Waals surface area contributed by atoms with Gasteiger partial charge in [-0.25, -0.2) is 4.39 Å². The molecule has 5 rings (SSSR count). The highest BCUT2D eigenvalue weighted by atomic mass is 35.5. The molecular formula is C27H34ClFN6O. The van der Waals surface area contributed by atoms with Gasteiger partial charge >= 0.3 is 0 Å². The fourth-order valence-electron chi connectivity index (χ4n) is 5.24. The molecule has 2 atom stereocenters. The summed E-state index contributed by atoms with van der Waals surface area (Å²) in [6, 6.07) is 12.7. The van der Waals surface area contributed by atoms with Crippen LogP contribution in [0.25, 0.3) is 0 Å². The van der Waals surface area contributed by atoms with Gasteiger partial charge in [0.25, 0.3) is 0 Å². The number of aromatic nitrogens is 3. The smallest absolute Gasteiger partial charge is 0.241 e. The Morgan fingerprint density at radius 3 is 2.72 bits per heavy atom. The molecule has 2 aromatic heterocycles. The predicted molar refractivity (Wildman–Crippen MR) is 141 cm³/mol. The average Bonchev–Trinajstić information content (AvgIpc) is 3.35. The third-order valence-corrected chi connectivity index (χ3v) is 7.11. The lowest BCUT2D eigenvalue weighted by Crippen LogP contribution is -2.59. The van der Waals surface area contributed by atoms with E-state index in [1.807, 2.05) is 29.3 Å². The van der Waals surface area contributed by atoms with Gasteiger partial charge < -0.3 is 10.2 Å². The maximum absolute atomic E-state index is 13.7. The Bertz CT molecular complexity index is 1200. The van der Waals surface area contributed by atoms with Crippen LogP contribution in [0, 0.1) is 5.82 Å². The summed E-state index contributed by atoms with van der Waals surface area (Å²) in [6.07, 6.45) is 5.30. The number of benzene rings is 1. The van der Waals surface area contributed by atoms with Gasteiger partial charge in [-0.15, -0.1) is 12.4 Å².